The van der Waals surface area contributed by atoms with E-state index in [4.69, 9.17) is 15.7 Å². The zero-order valence-corrected chi connectivity index (χ0v) is 15.9. The van der Waals surface area contributed by atoms with E-state index in [9.17, 15) is 9.59 Å². The summed E-state index contributed by atoms with van der Waals surface area (Å²) < 4.78 is 5.63. The van der Waals surface area contributed by atoms with Crippen LogP contribution in [0.5, 0.6) is 0 Å². The van der Waals surface area contributed by atoms with E-state index in [1.807, 2.05) is 43.4 Å². The summed E-state index contributed by atoms with van der Waals surface area (Å²) in [4.78, 5) is 25.4. The van der Waals surface area contributed by atoms with E-state index >= 15 is 0 Å². The molecule has 135 valence electrons. The van der Waals surface area contributed by atoms with Gasteiger partial charge in [-0.25, -0.2) is 0 Å². The van der Waals surface area contributed by atoms with Crippen molar-refractivity contribution in [3.8, 4) is 6.07 Å². The predicted molar refractivity (Wildman–Crippen MR) is 98.8 cm³/mol. The maximum atomic E-state index is 12.4. The molecule has 0 aliphatic carbocycles. The summed E-state index contributed by atoms with van der Waals surface area (Å²) in [7, 11) is -2.27. The Kier molecular flexibility index (Phi) is 8.88. The van der Waals surface area contributed by atoms with Crippen LogP contribution >= 0.6 is 0 Å². The van der Waals surface area contributed by atoms with E-state index in [0.29, 0.717) is 32.0 Å². The number of hydrogen-bond donors (Lipinski definition) is 1. The fourth-order valence-electron chi connectivity index (χ4n) is 2.01. The monoisotopic (exact) mass is 360 g/mol. The van der Waals surface area contributed by atoms with Crippen LogP contribution in [-0.4, -0.2) is 37.7 Å². The van der Waals surface area contributed by atoms with Crippen LogP contribution in [0.15, 0.2) is 30.3 Å². The van der Waals surface area contributed by atoms with Crippen molar-refractivity contribution in [3.05, 3.63) is 42.3 Å². The molecule has 0 aromatic heterocycles. The number of benzene rings is 1. The third-order valence-corrected chi connectivity index (χ3v) is 6.40. The zero-order valence-electron chi connectivity index (χ0n) is 14.9. The Hall–Kier alpha value is -2.17. The summed E-state index contributed by atoms with van der Waals surface area (Å²) >= 11 is 0. The van der Waals surface area contributed by atoms with Gasteiger partial charge >= 0.3 is 0 Å². The SMILES string of the molecule is C[Si](C)(C[CH]C(=O)N(CCCC#N)COCc1ccccc1)C(N)=O. The first kappa shape index (κ1) is 20.9. The van der Waals surface area contributed by atoms with Crippen molar-refractivity contribution in [2.24, 2.45) is 5.73 Å². The Labute approximate surface area is 150 Å². The summed E-state index contributed by atoms with van der Waals surface area (Å²) in [5.74, 6) is -0.187. The van der Waals surface area contributed by atoms with Gasteiger partial charge in [0.15, 0.2) is 13.6 Å². The minimum Gasteiger partial charge on any atom is -0.374 e. The molecular formula is C18H26N3O3Si. The first-order chi connectivity index (χ1) is 11.9. The van der Waals surface area contributed by atoms with Gasteiger partial charge in [-0.05, 0) is 18.0 Å². The van der Waals surface area contributed by atoms with Gasteiger partial charge < -0.3 is 15.4 Å². The van der Waals surface area contributed by atoms with Crippen molar-refractivity contribution in [1.82, 2.24) is 4.90 Å². The molecule has 0 fully saturated rings. The third kappa shape index (κ3) is 7.96. The van der Waals surface area contributed by atoms with Crippen molar-refractivity contribution in [1.29, 1.82) is 5.26 Å². The molecule has 0 spiro atoms. The van der Waals surface area contributed by atoms with Gasteiger partial charge in [-0.2, -0.15) is 5.26 Å². The highest BCUT2D eigenvalue weighted by molar-refractivity contribution is 7.04. The minimum absolute atomic E-state index is 0.147. The average molecular weight is 361 g/mol. The molecule has 2 amide bonds. The van der Waals surface area contributed by atoms with Crippen LogP contribution in [0.25, 0.3) is 0 Å². The standard InChI is InChI=1S/C18H26N3O3Si/c1-25(2,18(20)23)13-10-17(22)21(12-7-6-11-19)15-24-14-16-8-4-3-5-9-16/h3-5,8-10H,6-7,12-15H2,1-2H3,(H2,20,23). The van der Waals surface area contributed by atoms with Gasteiger partial charge in [0.25, 0.3) is 0 Å². The molecule has 1 rings (SSSR count). The van der Waals surface area contributed by atoms with Crippen molar-refractivity contribution < 1.29 is 14.3 Å². The second-order valence-electron chi connectivity index (χ2n) is 6.48. The number of carbonyl (C=O) groups excluding carboxylic acids is 2. The molecule has 1 radical (unpaired) electrons. The van der Waals surface area contributed by atoms with Crippen LogP contribution in [0.4, 0.5) is 4.79 Å². The lowest BCUT2D eigenvalue weighted by atomic mass is 10.2. The van der Waals surface area contributed by atoms with Crippen molar-refractivity contribution in [2.45, 2.75) is 38.6 Å². The molecule has 25 heavy (non-hydrogen) atoms. The molecule has 0 aliphatic rings. The normalized spacial score (nSPS) is 10.9. The van der Waals surface area contributed by atoms with Crippen LogP contribution in [0, 0.1) is 17.8 Å². The van der Waals surface area contributed by atoms with E-state index in [1.165, 1.54) is 6.42 Å². The Morgan fingerprint density at radius 2 is 2.00 bits per heavy atom. The lowest BCUT2D eigenvalue weighted by Gasteiger charge is -2.24. The molecule has 1 aromatic carbocycles. The summed E-state index contributed by atoms with van der Waals surface area (Å²) in [5.41, 5.74) is 6.11. The summed E-state index contributed by atoms with van der Waals surface area (Å²) in [6.07, 6.45) is 2.49. The fraction of sp³-hybridized carbons (Fsp3) is 0.444. The van der Waals surface area contributed by atoms with Crippen molar-refractivity contribution >= 4 is 19.5 Å². The Balaban J connectivity index is 2.54. The van der Waals surface area contributed by atoms with E-state index in [2.05, 4.69) is 6.07 Å². The Bertz CT molecular complexity index is 599. The molecule has 0 unspecified atom stereocenters. The number of primary amides is 1. The van der Waals surface area contributed by atoms with Gasteiger partial charge in [-0.3, -0.25) is 9.59 Å². The number of rotatable bonds is 11. The number of nitrogens with zero attached hydrogens (tertiary/aromatic N) is 2. The molecule has 2 N–H and O–H groups in total. The van der Waals surface area contributed by atoms with E-state index in [1.54, 1.807) is 4.90 Å². The van der Waals surface area contributed by atoms with Crippen LogP contribution in [0.2, 0.25) is 19.1 Å². The molecular weight excluding hydrogens is 334 g/mol. The highest BCUT2D eigenvalue weighted by Crippen LogP contribution is 2.13. The number of unbranched alkanes of at least 4 members (excludes halogenated alkanes) is 1. The van der Waals surface area contributed by atoms with Crippen LogP contribution in [-0.2, 0) is 16.1 Å². The largest absolute Gasteiger partial charge is 0.374 e. The lowest BCUT2D eigenvalue weighted by Crippen LogP contribution is -2.43. The molecule has 1 aromatic rings. The van der Waals surface area contributed by atoms with Crippen LogP contribution < -0.4 is 5.73 Å². The number of carbonyl (C=O) groups is 2. The molecule has 0 atom stereocenters. The number of hydrogen-bond acceptors (Lipinski definition) is 4. The summed E-state index contributed by atoms with van der Waals surface area (Å²) in [6, 6.07) is 12.2. The number of nitrogens with two attached hydrogens (primary N) is 1. The fourth-order valence-corrected chi connectivity index (χ4v) is 2.89. The van der Waals surface area contributed by atoms with Crippen molar-refractivity contribution in [2.75, 3.05) is 13.3 Å². The number of amides is 2. The molecule has 0 bridgehead atoms. The van der Waals surface area contributed by atoms with Crippen molar-refractivity contribution in [3.63, 3.8) is 0 Å². The van der Waals surface area contributed by atoms with Gasteiger partial charge in [0.05, 0.1) is 12.7 Å². The Morgan fingerprint density at radius 1 is 1.32 bits per heavy atom. The van der Waals surface area contributed by atoms with Gasteiger partial charge in [-0.1, -0.05) is 43.4 Å². The molecule has 0 heterocycles. The molecule has 0 aliphatic heterocycles. The van der Waals surface area contributed by atoms with Gasteiger partial charge in [-0.15, -0.1) is 0 Å². The maximum absolute atomic E-state index is 12.4. The number of nitriles is 1. The van der Waals surface area contributed by atoms with E-state index in [0.717, 1.165) is 5.56 Å². The minimum atomic E-state index is -2.27. The van der Waals surface area contributed by atoms with E-state index in [-0.39, 0.29) is 18.2 Å². The van der Waals surface area contributed by atoms with E-state index < -0.39 is 8.07 Å². The highest BCUT2D eigenvalue weighted by atomic mass is 28.3. The molecule has 0 saturated carbocycles. The zero-order chi connectivity index (χ0) is 18.7. The summed E-state index contributed by atoms with van der Waals surface area (Å²) in [5, 5.41) is 8.68. The average Bonchev–Trinajstić information content (AvgIpc) is 2.59. The smallest absolute Gasteiger partial charge is 0.228 e. The van der Waals surface area contributed by atoms with Crippen LogP contribution in [0.3, 0.4) is 0 Å². The lowest BCUT2D eigenvalue weighted by molar-refractivity contribution is -0.133. The molecule has 7 heteroatoms. The first-order valence-electron chi connectivity index (χ1n) is 8.27. The highest BCUT2D eigenvalue weighted by Gasteiger charge is 2.30. The Morgan fingerprint density at radius 3 is 2.60 bits per heavy atom. The second-order valence-corrected chi connectivity index (χ2v) is 11.2. The second kappa shape index (κ2) is 10.6. The van der Waals surface area contributed by atoms with Gasteiger partial charge in [0, 0.05) is 19.4 Å². The number of ether oxygens (including phenoxy) is 1. The topological polar surface area (TPSA) is 96.4 Å². The first-order valence-corrected chi connectivity index (χ1v) is 11.5. The van der Waals surface area contributed by atoms with Crippen LogP contribution in [0.1, 0.15) is 18.4 Å². The van der Waals surface area contributed by atoms with Gasteiger partial charge in [0.1, 0.15) is 6.73 Å². The molecule has 0 saturated heterocycles. The molecule has 6 nitrogen and oxygen atoms in total. The summed E-state index contributed by atoms with van der Waals surface area (Å²) in [6.45, 7) is 4.67. The maximum Gasteiger partial charge on any atom is 0.228 e. The third-order valence-electron chi connectivity index (χ3n) is 3.84. The quantitative estimate of drug-likeness (QED) is 0.373. The predicted octanol–water partition coefficient (Wildman–Crippen LogP) is 2.87. The van der Waals surface area contributed by atoms with Gasteiger partial charge in [0.2, 0.25) is 5.91 Å².